The largest absolute Gasteiger partial charge is 0.485 e. The number of hydrogen-bond acceptors (Lipinski definition) is 6. The van der Waals surface area contributed by atoms with E-state index in [-0.39, 0.29) is 23.7 Å². The molecule has 3 heterocycles. The van der Waals surface area contributed by atoms with E-state index in [1.165, 1.54) is 0 Å². The molecule has 0 N–H and O–H groups in total. The van der Waals surface area contributed by atoms with Crippen molar-refractivity contribution in [3.05, 3.63) is 94.3 Å². The van der Waals surface area contributed by atoms with Crippen LogP contribution in [0.2, 0.25) is 0 Å². The van der Waals surface area contributed by atoms with Gasteiger partial charge in [-0.25, -0.2) is 14.5 Å². The van der Waals surface area contributed by atoms with Crippen molar-refractivity contribution in [3.63, 3.8) is 0 Å². The number of aryl methyl sites for hydroxylation is 1. The fourth-order valence-corrected chi connectivity index (χ4v) is 5.62. The number of rotatable bonds is 5. The van der Waals surface area contributed by atoms with Crippen molar-refractivity contribution in [2.24, 2.45) is 5.41 Å². The third-order valence-corrected chi connectivity index (χ3v) is 7.39. The molecule has 7 heteroatoms. The number of aromatic nitrogens is 4. The molecule has 38 heavy (non-hydrogen) atoms. The molecular weight excluding hydrogens is 476 g/mol. The molecule has 0 fully saturated rings. The third kappa shape index (κ3) is 4.26. The zero-order chi connectivity index (χ0) is 26.6. The topological polar surface area (TPSA) is 78.6 Å². The molecule has 0 radical (unpaired) electrons. The second kappa shape index (κ2) is 9.08. The van der Waals surface area contributed by atoms with Gasteiger partial charge in [0.05, 0.1) is 5.56 Å². The Morgan fingerprint density at radius 2 is 1.92 bits per heavy atom. The minimum Gasteiger partial charge on any atom is -0.485 e. The summed E-state index contributed by atoms with van der Waals surface area (Å²) in [4.78, 5) is 23.0. The minimum absolute atomic E-state index is 0.112. The molecule has 2 aromatic carbocycles. The lowest BCUT2D eigenvalue weighted by Gasteiger charge is -2.37. The molecule has 2 aromatic heterocycles. The summed E-state index contributed by atoms with van der Waals surface area (Å²) in [7, 11) is 0. The number of ketones is 1. The summed E-state index contributed by atoms with van der Waals surface area (Å²) < 4.78 is 14.2. The summed E-state index contributed by atoms with van der Waals surface area (Å²) in [5.41, 5.74) is 5.23. The molecule has 4 aromatic rings. The first-order chi connectivity index (χ1) is 18.2. The van der Waals surface area contributed by atoms with Crippen LogP contribution in [0.1, 0.15) is 80.5 Å². The van der Waals surface area contributed by atoms with Crippen LogP contribution in [0.5, 0.6) is 11.6 Å². The Morgan fingerprint density at radius 3 is 2.68 bits per heavy atom. The van der Waals surface area contributed by atoms with Crippen molar-refractivity contribution in [1.29, 1.82) is 0 Å². The molecule has 2 aliphatic rings. The van der Waals surface area contributed by atoms with Gasteiger partial charge >= 0.3 is 0 Å². The minimum atomic E-state index is -0.322. The van der Waals surface area contributed by atoms with Crippen molar-refractivity contribution in [1.82, 2.24) is 19.6 Å². The molecule has 0 spiro atoms. The van der Waals surface area contributed by atoms with Crippen LogP contribution in [0.3, 0.4) is 0 Å². The second-order valence-corrected chi connectivity index (χ2v) is 11.5. The number of Topliss-reactive ketones (excluding diaryl/α,β-unsaturated/α-hetero) is 1. The molecular formula is C31H32N4O3. The van der Waals surface area contributed by atoms with Crippen molar-refractivity contribution >= 4 is 11.4 Å². The number of carbonyl (C=O) groups is 1. The molecule has 1 aliphatic carbocycles. The molecule has 194 valence electrons. The van der Waals surface area contributed by atoms with Gasteiger partial charge in [-0.15, -0.1) is 5.10 Å². The summed E-state index contributed by atoms with van der Waals surface area (Å²) >= 11 is 0. The van der Waals surface area contributed by atoms with E-state index in [0.717, 1.165) is 28.0 Å². The van der Waals surface area contributed by atoms with Gasteiger partial charge in [0.2, 0.25) is 5.88 Å². The smallest absolute Gasteiger partial charge is 0.228 e. The van der Waals surface area contributed by atoms with E-state index in [2.05, 4.69) is 62.9 Å². The average Bonchev–Trinajstić information content (AvgIpc) is 3.29. The van der Waals surface area contributed by atoms with Gasteiger partial charge in [0, 0.05) is 24.3 Å². The Bertz CT molecular complexity index is 1580. The normalized spacial score (nSPS) is 18.4. The fourth-order valence-electron chi connectivity index (χ4n) is 5.62. The number of hydrogen-bond donors (Lipinski definition) is 0. The van der Waals surface area contributed by atoms with Crippen LogP contribution in [0.4, 0.5) is 0 Å². The highest BCUT2D eigenvalue weighted by molar-refractivity contribution is 6.00. The van der Waals surface area contributed by atoms with Crippen LogP contribution >= 0.6 is 0 Å². The molecule has 1 aliphatic heterocycles. The number of allylic oxidation sites excluding steroid dienone is 2. The van der Waals surface area contributed by atoms with Crippen LogP contribution in [0.25, 0.3) is 5.65 Å². The van der Waals surface area contributed by atoms with E-state index >= 15 is 0 Å². The first kappa shape index (κ1) is 24.3. The Labute approximate surface area is 222 Å². The maximum absolute atomic E-state index is 13.5. The maximum atomic E-state index is 13.5. The molecule has 1 atom stereocenters. The van der Waals surface area contributed by atoms with E-state index < -0.39 is 0 Å². The highest BCUT2D eigenvalue weighted by Crippen LogP contribution is 2.50. The molecule has 0 saturated carbocycles. The predicted octanol–water partition coefficient (Wildman–Crippen LogP) is 6.30. The van der Waals surface area contributed by atoms with Crippen molar-refractivity contribution in [2.45, 2.75) is 65.9 Å². The Balaban J connectivity index is 1.43. The van der Waals surface area contributed by atoms with Gasteiger partial charge < -0.3 is 9.47 Å². The molecule has 6 rings (SSSR count). The average molecular weight is 509 g/mol. The molecule has 7 nitrogen and oxygen atoms in total. The molecule has 0 amide bonds. The number of ether oxygens (including phenoxy) is 2. The van der Waals surface area contributed by atoms with Gasteiger partial charge in [-0.2, -0.15) is 0 Å². The molecule has 0 bridgehead atoms. The summed E-state index contributed by atoms with van der Waals surface area (Å²) in [6.45, 7) is 10.8. The van der Waals surface area contributed by atoms with Crippen LogP contribution in [0.15, 0.2) is 66.2 Å². The van der Waals surface area contributed by atoms with Crippen molar-refractivity contribution in [3.8, 4) is 11.6 Å². The third-order valence-electron chi connectivity index (χ3n) is 7.39. The van der Waals surface area contributed by atoms with Gasteiger partial charge in [0.15, 0.2) is 17.3 Å². The van der Waals surface area contributed by atoms with Gasteiger partial charge in [0.1, 0.15) is 24.4 Å². The van der Waals surface area contributed by atoms with Crippen LogP contribution < -0.4 is 9.47 Å². The van der Waals surface area contributed by atoms with Gasteiger partial charge in [0.25, 0.3) is 0 Å². The van der Waals surface area contributed by atoms with E-state index in [4.69, 9.17) is 14.5 Å². The molecule has 0 saturated heterocycles. The van der Waals surface area contributed by atoms with Crippen molar-refractivity contribution < 1.29 is 14.3 Å². The summed E-state index contributed by atoms with van der Waals surface area (Å²) in [5.74, 6) is 2.71. The highest BCUT2D eigenvalue weighted by Gasteiger charge is 2.43. The quantitative estimate of drug-likeness (QED) is 0.315. The summed E-state index contributed by atoms with van der Waals surface area (Å²) in [5, 5.41) is 4.67. The van der Waals surface area contributed by atoms with E-state index in [9.17, 15) is 4.79 Å². The highest BCUT2D eigenvalue weighted by atomic mass is 16.5. The van der Waals surface area contributed by atoms with Crippen molar-refractivity contribution in [2.75, 3.05) is 0 Å². The Kier molecular flexibility index (Phi) is 5.82. The Morgan fingerprint density at radius 1 is 1.13 bits per heavy atom. The molecule has 0 unspecified atom stereocenters. The number of fused-ring (bicyclic) bond motifs is 3. The predicted molar refractivity (Wildman–Crippen MR) is 144 cm³/mol. The van der Waals surface area contributed by atoms with Gasteiger partial charge in [-0.1, -0.05) is 70.2 Å². The Hall–Kier alpha value is -4.00. The lowest BCUT2D eigenvalue weighted by molar-refractivity contribution is -0.118. The number of benzene rings is 2. The lowest BCUT2D eigenvalue weighted by atomic mass is 9.70. The lowest BCUT2D eigenvalue weighted by Crippen LogP contribution is -2.33. The summed E-state index contributed by atoms with van der Waals surface area (Å²) in [6, 6.07) is 16.3. The van der Waals surface area contributed by atoms with Crippen LogP contribution in [-0.4, -0.2) is 25.4 Å². The van der Waals surface area contributed by atoms with Crippen LogP contribution in [0, 0.1) is 12.3 Å². The van der Waals surface area contributed by atoms with E-state index in [1.807, 2.05) is 30.3 Å². The standard InChI is InChI=1S/C31H32N4O3/c1-18(2)21-12-11-19(3)13-23(21)37-16-25-33-29-28-26(20-9-7-6-8-10-20)27-22(36)14-31(4,5)15-24(27)38-30(28)32-17-35(29)34-25/h6-13,17-18,26H,14-16H2,1-5H3/t26-/m0/s1. The zero-order valence-corrected chi connectivity index (χ0v) is 22.5. The number of nitrogens with zero attached hydrogens (tertiary/aromatic N) is 4. The number of carbonyl (C=O) groups excluding carboxylic acids is 1. The summed E-state index contributed by atoms with van der Waals surface area (Å²) in [6.07, 6.45) is 2.79. The zero-order valence-electron chi connectivity index (χ0n) is 22.5. The van der Waals surface area contributed by atoms with Crippen LogP contribution in [-0.2, 0) is 11.4 Å². The maximum Gasteiger partial charge on any atom is 0.228 e. The van der Waals surface area contributed by atoms with Gasteiger partial charge in [-0.05, 0) is 41.0 Å². The van der Waals surface area contributed by atoms with E-state index in [0.29, 0.717) is 47.4 Å². The monoisotopic (exact) mass is 508 g/mol. The second-order valence-electron chi connectivity index (χ2n) is 11.5. The fraction of sp³-hybridized carbons (Fsp3) is 0.355. The first-order valence-electron chi connectivity index (χ1n) is 13.2. The SMILES string of the molecule is Cc1ccc(C(C)C)c(OCc2nc3c4c(ncn3n2)OC2=C(C(=O)CC(C)(C)C2)[C@@H]4c2ccccc2)c1. The van der Waals surface area contributed by atoms with E-state index in [1.54, 1.807) is 10.8 Å². The van der Waals surface area contributed by atoms with Gasteiger partial charge in [-0.3, -0.25) is 4.79 Å². The first-order valence-corrected chi connectivity index (χ1v) is 13.2.